The normalized spacial score (nSPS) is 20.9. The maximum Gasteiger partial charge on any atom is 0.265 e. The zero-order chi connectivity index (χ0) is 15.6. The van der Waals surface area contributed by atoms with Gasteiger partial charge in [0.1, 0.15) is 4.88 Å². The van der Waals surface area contributed by atoms with E-state index in [9.17, 15) is 9.90 Å². The number of thiazole rings is 1. The van der Waals surface area contributed by atoms with Gasteiger partial charge in [-0.1, -0.05) is 13.8 Å². The van der Waals surface area contributed by atoms with Crippen LogP contribution in [0.5, 0.6) is 0 Å². The number of rotatable bonds is 4. The molecule has 1 amide bonds. The van der Waals surface area contributed by atoms with E-state index in [2.05, 4.69) is 18.8 Å². The number of aromatic nitrogens is 1. The van der Waals surface area contributed by atoms with Crippen molar-refractivity contribution in [3.8, 4) is 0 Å². The van der Waals surface area contributed by atoms with Gasteiger partial charge in [-0.15, -0.1) is 11.3 Å². The van der Waals surface area contributed by atoms with Crippen LogP contribution >= 0.6 is 11.3 Å². The van der Waals surface area contributed by atoms with Crippen molar-refractivity contribution in [3.63, 3.8) is 0 Å². The second kappa shape index (κ2) is 6.88. The van der Waals surface area contributed by atoms with Gasteiger partial charge in [0.05, 0.1) is 16.8 Å². The summed E-state index contributed by atoms with van der Waals surface area (Å²) in [5, 5.41) is 10.8. The van der Waals surface area contributed by atoms with E-state index in [4.69, 9.17) is 0 Å². The van der Waals surface area contributed by atoms with Crippen LogP contribution in [-0.2, 0) is 6.42 Å². The molecule has 1 saturated heterocycles. The van der Waals surface area contributed by atoms with Gasteiger partial charge in [0.25, 0.3) is 5.91 Å². The lowest BCUT2D eigenvalue weighted by Crippen LogP contribution is -2.42. The smallest absolute Gasteiger partial charge is 0.265 e. The summed E-state index contributed by atoms with van der Waals surface area (Å²) in [5.41, 5.74) is 0.847. The van der Waals surface area contributed by atoms with Crippen LogP contribution in [0.4, 0.5) is 0 Å². The van der Waals surface area contributed by atoms with Crippen LogP contribution in [0.25, 0.3) is 0 Å². The summed E-state index contributed by atoms with van der Waals surface area (Å²) in [6, 6.07) is 0. The van der Waals surface area contributed by atoms with Gasteiger partial charge in [-0.2, -0.15) is 0 Å². The Hall–Kier alpha value is -0.940. The van der Waals surface area contributed by atoms with Crippen molar-refractivity contribution in [2.24, 2.45) is 11.8 Å². The lowest BCUT2D eigenvalue weighted by Gasteiger charge is -2.34. The number of aliphatic hydroxyl groups is 1. The van der Waals surface area contributed by atoms with Crippen molar-refractivity contribution >= 4 is 17.2 Å². The van der Waals surface area contributed by atoms with Crippen LogP contribution in [0.1, 0.15) is 54.0 Å². The molecule has 2 heterocycles. The SMILES string of the molecule is Cc1nc(CC(C)C)sc1C(=O)N1CCCC(C(C)O)C1. The molecule has 0 bridgehead atoms. The van der Waals surface area contributed by atoms with Crippen molar-refractivity contribution < 1.29 is 9.90 Å². The minimum Gasteiger partial charge on any atom is -0.393 e. The zero-order valence-electron chi connectivity index (χ0n) is 13.4. The van der Waals surface area contributed by atoms with E-state index in [1.165, 1.54) is 11.3 Å². The molecule has 1 aliphatic heterocycles. The third-order valence-electron chi connectivity index (χ3n) is 4.05. The molecule has 1 aromatic heterocycles. The summed E-state index contributed by atoms with van der Waals surface area (Å²) in [7, 11) is 0. The largest absolute Gasteiger partial charge is 0.393 e. The molecule has 1 aliphatic rings. The first-order valence-electron chi connectivity index (χ1n) is 7.82. The summed E-state index contributed by atoms with van der Waals surface area (Å²) in [4.78, 5) is 19.9. The number of carbonyl (C=O) groups is 1. The molecule has 0 aliphatic carbocycles. The summed E-state index contributed by atoms with van der Waals surface area (Å²) in [6.07, 6.45) is 2.55. The van der Waals surface area contributed by atoms with Crippen LogP contribution in [0.2, 0.25) is 0 Å². The molecule has 21 heavy (non-hydrogen) atoms. The van der Waals surface area contributed by atoms with Gasteiger partial charge in [0.15, 0.2) is 0 Å². The van der Waals surface area contributed by atoms with Gasteiger partial charge in [0.2, 0.25) is 0 Å². The monoisotopic (exact) mass is 310 g/mol. The molecule has 1 aromatic rings. The van der Waals surface area contributed by atoms with Gasteiger partial charge >= 0.3 is 0 Å². The topological polar surface area (TPSA) is 53.4 Å². The van der Waals surface area contributed by atoms with Crippen molar-refractivity contribution in [1.82, 2.24) is 9.88 Å². The summed E-state index contributed by atoms with van der Waals surface area (Å²) < 4.78 is 0. The number of aryl methyl sites for hydroxylation is 1. The molecule has 0 aromatic carbocycles. The number of hydrogen-bond donors (Lipinski definition) is 1. The van der Waals surface area contributed by atoms with Crippen molar-refractivity contribution in [2.75, 3.05) is 13.1 Å². The van der Waals surface area contributed by atoms with E-state index in [0.29, 0.717) is 12.5 Å². The Kier molecular flexibility index (Phi) is 5.38. The number of amides is 1. The second-order valence-electron chi connectivity index (χ2n) is 6.51. The first-order chi connectivity index (χ1) is 9.88. The molecule has 2 rings (SSSR count). The Morgan fingerprint density at radius 2 is 2.19 bits per heavy atom. The Bertz CT molecular complexity index is 496. The molecule has 0 radical (unpaired) electrons. The molecule has 2 atom stereocenters. The van der Waals surface area contributed by atoms with Crippen molar-refractivity contribution in [1.29, 1.82) is 0 Å². The first kappa shape index (κ1) is 16.4. The molecule has 2 unspecified atom stereocenters. The number of aliphatic hydroxyl groups excluding tert-OH is 1. The molecular weight excluding hydrogens is 284 g/mol. The van der Waals surface area contributed by atoms with Crippen LogP contribution in [-0.4, -0.2) is 40.1 Å². The van der Waals surface area contributed by atoms with E-state index < -0.39 is 0 Å². The van der Waals surface area contributed by atoms with E-state index in [1.54, 1.807) is 0 Å². The molecule has 5 heteroatoms. The summed E-state index contributed by atoms with van der Waals surface area (Å²) >= 11 is 1.53. The third-order valence-corrected chi connectivity index (χ3v) is 5.21. The number of hydrogen-bond acceptors (Lipinski definition) is 4. The molecular formula is C16H26N2O2S. The third kappa shape index (κ3) is 4.04. The van der Waals surface area contributed by atoms with Crippen LogP contribution < -0.4 is 0 Å². The second-order valence-corrected chi connectivity index (χ2v) is 7.60. The zero-order valence-corrected chi connectivity index (χ0v) is 14.2. The Morgan fingerprint density at radius 1 is 1.48 bits per heavy atom. The molecule has 118 valence electrons. The maximum atomic E-state index is 12.7. The highest BCUT2D eigenvalue weighted by Gasteiger charge is 2.29. The highest BCUT2D eigenvalue weighted by molar-refractivity contribution is 7.13. The summed E-state index contributed by atoms with van der Waals surface area (Å²) in [5.74, 6) is 0.838. The number of nitrogens with zero attached hydrogens (tertiary/aromatic N) is 2. The first-order valence-corrected chi connectivity index (χ1v) is 8.63. The van der Waals surface area contributed by atoms with Crippen LogP contribution in [0, 0.1) is 18.8 Å². The Labute approximate surface area is 131 Å². The average molecular weight is 310 g/mol. The number of piperidine rings is 1. The molecule has 1 fully saturated rings. The molecule has 4 nitrogen and oxygen atoms in total. The van der Waals surface area contributed by atoms with Crippen molar-refractivity contribution in [2.45, 2.75) is 53.1 Å². The van der Waals surface area contributed by atoms with Gasteiger partial charge < -0.3 is 10.0 Å². The quantitative estimate of drug-likeness (QED) is 0.930. The van der Waals surface area contributed by atoms with E-state index >= 15 is 0 Å². The van der Waals surface area contributed by atoms with Crippen LogP contribution in [0.3, 0.4) is 0 Å². The number of likely N-dealkylation sites (tertiary alicyclic amines) is 1. The maximum absolute atomic E-state index is 12.7. The van der Waals surface area contributed by atoms with E-state index in [-0.39, 0.29) is 17.9 Å². The van der Waals surface area contributed by atoms with Crippen molar-refractivity contribution in [3.05, 3.63) is 15.6 Å². The fourth-order valence-corrected chi connectivity index (χ4v) is 4.06. The van der Waals surface area contributed by atoms with Gasteiger partial charge in [-0.3, -0.25) is 4.79 Å². The average Bonchev–Trinajstić information content (AvgIpc) is 2.78. The minimum absolute atomic E-state index is 0.0883. The fourth-order valence-electron chi connectivity index (χ4n) is 2.82. The van der Waals surface area contributed by atoms with Gasteiger partial charge in [-0.25, -0.2) is 4.98 Å². The van der Waals surface area contributed by atoms with Gasteiger partial charge in [0, 0.05) is 25.4 Å². The molecule has 1 N–H and O–H groups in total. The minimum atomic E-state index is -0.348. The summed E-state index contributed by atoms with van der Waals surface area (Å²) in [6.45, 7) is 9.51. The Balaban J connectivity index is 2.10. The van der Waals surface area contributed by atoms with E-state index in [1.807, 2.05) is 18.7 Å². The predicted octanol–water partition coefficient (Wildman–Crippen LogP) is 2.88. The van der Waals surface area contributed by atoms with Crippen LogP contribution in [0.15, 0.2) is 0 Å². The van der Waals surface area contributed by atoms with Gasteiger partial charge in [-0.05, 0) is 32.6 Å². The fraction of sp³-hybridized carbons (Fsp3) is 0.750. The lowest BCUT2D eigenvalue weighted by atomic mass is 9.93. The predicted molar refractivity (Wildman–Crippen MR) is 85.7 cm³/mol. The molecule has 0 spiro atoms. The lowest BCUT2D eigenvalue weighted by molar-refractivity contribution is 0.0469. The number of carbonyl (C=O) groups excluding carboxylic acids is 1. The highest BCUT2D eigenvalue weighted by atomic mass is 32.1. The van der Waals surface area contributed by atoms with E-state index in [0.717, 1.165) is 41.4 Å². The standard InChI is InChI=1S/C16H26N2O2S/c1-10(2)8-14-17-11(3)15(21-14)16(20)18-7-5-6-13(9-18)12(4)19/h10,12-13,19H,5-9H2,1-4H3. The highest BCUT2D eigenvalue weighted by Crippen LogP contribution is 2.26. The Morgan fingerprint density at radius 3 is 2.81 bits per heavy atom. The molecule has 0 saturated carbocycles.